The number of hydrogen-bond donors (Lipinski definition) is 1. The zero-order valence-corrected chi connectivity index (χ0v) is 19.0. The van der Waals surface area contributed by atoms with Gasteiger partial charge >= 0.3 is 0 Å². The van der Waals surface area contributed by atoms with E-state index in [1.807, 2.05) is 6.07 Å². The van der Waals surface area contributed by atoms with Crippen molar-refractivity contribution in [2.75, 3.05) is 19.8 Å². The van der Waals surface area contributed by atoms with Crippen LogP contribution in [0.2, 0.25) is 0 Å². The number of rotatable bonds is 6. The second-order valence-corrected chi connectivity index (χ2v) is 9.37. The Bertz CT molecular complexity index is 1250. The van der Waals surface area contributed by atoms with Gasteiger partial charge in [-0.3, -0.25) is 19.7 Å². The maximum atomic E-state index is 13.8. The second-order valence-electron chi connectivity index (χ2n) is 9.37. The summed E-state index contributed by atoms with van der Waals surface area (Å²) in [6.07, 6.45) is 7.42. The van der Waals surface area contributed by atoms with E-state index in [0.29, 0.717) is 61.2 Å². The molecule has 1 N–H and O–H groups in total. The van der Waals surface area contributed by atoms with Crippen LogP contribution in [0, 0.1) is 5.82 Å². The molecule has 3 aliphatic rings. The number of fused-ring (bicyclic) bond motifs is 4. The highest BCUT2D eigenvalue weighted by Crippen LogP contribution is 2.36. The van der Waals surface area contributed by atoms with E-state index in [1.165, 1.54) is 31.2 Å². The van der Waals surface area contributed by atoms with Crippen molar-refractivity contribution in [2.45, 2.75) is 56.9 Å². The monoisotopic (exact) mass is 465 g/mol. The van der Waals surface area contributed by atoms with Gasteiger partial charge in [0.05, 0.1) is 29.1 Å². The van der Waals surface area contributed by atoms with E-state index in [4.69, 9.17) is 9.47 Å². The van der Waals surface area contributed by atoms with Gasteiger partial charge < -0.3 is 19.4 Å². The molecule has 0 radical (unpaired) electrons. The van der Waals surface area contributed by atoms with Crippen LogP contribution < -0.4 is 20.3 Å². The molecule has 8 nitrogen and oxygen atoms in total. The molecule has 3 aliphatic heterocycles. The molecule has 34 heavy (non-hydrogen) atoms. The van der Waals surface area contributed by atoms with Crippen molar-refractivity contribution in [3.05, 3.63) is 58.5 Å². The van der Waals surface area contributed by atoms with Gasteiger partial charge in [-0.15, -0.1) is 0 Å². The molecule has 9 heteroatoms. The molecular formula is C25H28FN5O3. The van der Waals surface area contributed by atoms with Gasteiger partial charge in [0, 0.05) is 56.0 Å². The Morgan fingerprint density at radius 2 is 1.79 bits per heavy atom. The maximum Gasteiger partial charge on any atom is 0.251 e. The van der Waals surface area contributed by atoms with Crippen molar-refractivity contribution in [2.24, 2.45) is 0 Å². The molecule has 178 valence electrons. The Balaban J connectivity index is 1.09. The lowest BCUT2D eigenvalue weighted by molar-refractivity contribution is 0.112. The third kappa shape index (κ3) is 4.14. The number of nitrogens with zero attached hydrogens (tertiary/aromatic N) is 4. The highest BCUT2D eigenvalue weighted by atomic mass is 19.1. The zero-order valence-electron chi connectivity index (χ0n) is 19.0. The maximum absolute atomic E-state index is 13.8. The first-order valence-electron chi connectivity index (χ1n) is 12.0. The SMILES string of the molecule is O=c1ccc2ncc(F)cc2n1CCN1[C@@H]2CC[C@H]1CC(NCc1cc3c(cn1)OCCO3)C2. The molecule has 3 aromatic rings. The predicted molar refractivity (Wildman–Crippen MR) is 125 cm³/mol. The summed E-state index contributed by atoms with van der Waals surface area (Å²) in [6.45, 7) is 3.15. The van der Waals surface area contributed by atoms with Crippen LogP contribution in [0.25, 0.3) is 11.0 Å². The number of halogens is 1. The molecule has 0 spiro atoms. The van der Waals surface area contributed by atoms with Crippen molar-refractivity contribution < 1.29 is 13.9 Å². The predicted octanol–water partition coefficient (Wildman–Crippen LogP) is 2.49. The first-order valence-corrected chi connectivity index (χ1v) is 12.0. The van der Waals surface area contributed by atoms with Gasteiger partial charge in [0.15, 0.2) is 11.5 Å². The molecule has 0 aromatic carbocycles. The fourth-order valence-corrected chi connectivity index (χ4v) is 5.73. The van der Waals surface area contributed by atoms with E-state index in [1.54, 1.807) is 16.8 Å². The highest BCUT2D eigenvalue weighted by molar-refractivity contribution is 5.74. The summed E-state index contributed by atoms with van der Waals surface area (Å²) < 4.78 is 26.7. The van der Waals surface area contributed by atoms with E-state index in [2.05, 4.69) is 20.2 Å². The highest BCUT2D eigenvalue weighted by Gasteiger charge is 2.40. The third-order valence-electron chi connectivity index (χ3n) is 7.33. The number of aromatic nitrogens is 3. The van der Waals surface area contributed by atoms with Crippen LogP contribution >= 0.6 is 0 Å². The van der Waals surface area contributed by atoms with Crippen molar-refractivity contribution in [1.29, 1.82) is 0 Å². The van der Waals surface area contributed by atoms with E-state index in [9.17, 15) is 9.18 Å². The van der Waals surface area contributed by atoms with Crippen molar-refractivity contribution in [3.63, 3.8) is 0 Å². The molecule has 3 atom stereocenters. The fraction of sp³-hybridized carbons (Fsp3) is 0.480. The topological polar surface area (TPSA) is 81.5 Å². The summed E-state index contributed by atoms with van der Waals surface area (Å²) in [5.74, 6) is 1.06. The minimum atomic E-state index is -0.425. The summed E-state index contributed by atoms with van der Waals surface area (Å²) in [5.41, 5.74) is 2.04. The second kappa shape index (κ2) is 8.96. The largest absolute Gasteiger partial charge is 0.486 e. The Morgan fingerprint density at radius 1 is 1.00 bits per heavy atom. The summed E-state index contributed by atoms with van der Waals surface area (Å²) in [4.78, 5) is 23.7. The molecular weight excluding hydrogens is 437 g/mol. The molecule has 6 heterocycles. The Kier molecular flexibility index (Phi) is 5.66. The van der Waals surface area contributed by atoms with Crippen LogP contribution in [0.1, 0.15) is 31.4 Å². The van der Waals surface area contributed by atoms with Crippen molar-refractivity contribution in [3.8, 4) is 11.5 Å². The number of pyridine rings is 3. The molecule has 6 rings (SSSR count). The molecule has 0 amide bonds. The molecule has 0 aliphatic carbocycles. The Hall–Kier alpha value is -3.04. The van der Waals surface area contributed by atoms with E-state index >= 15 is 0 Å². The third-order valence-corrected chi connectivity index (χ3v) is 7.33. The average molecular weight is 466 g/mol. The summed E-state index contributed by atoms with van der Waals surface area (Å²) in [7, 11) is 0. The molecule has 0 saturated carbocycles. The lowest BCUT2D eigenvalue weighted by atomic mass is 9.97. The fourth-order valence-electron chi connectivity index (χ4n) is 5.73. The number of nitrogens with one attached hydrogen (secondary N) is 1. The van der Waals surface area contributed by atoms with Gasteiger partial charge in [-0.25, -0.2) is 4.39 Å². The minimum Gasteiger partial charge on any atom is -0.486 e. The average Bonchev–Trinajstić information content (AvgIpc) is 3.09. The quantitative estimate of drug-likeness (QED) is 0.599. The lowest BCUT2D eigenvalue weighted by Gasteiger charge is -2.39. The Morgan fingerprint density at radius 3 is 2.62 bits per heavy atom. The number of ether oxygens (including phenoxy) is 2. The van der Waals surface area contributed by atoms with Crippen molar-refractivity contribution >= 4 is 11.0 Å². The van der Waals surface area contributed by atoms with Crippen LogP contribution in [-0.2, 0) is 13.1 Å². The van der Waals surface area contributed by atoms with E-state index in [0.717, 1.165) is 30.8 Å². The zero-order chi connectivity index (χ0) is 23.1. The number of piperidine rings is 1. The number of hydrogen-bond acceptors (Lipinski definition) is 7. The first kappa shape index (κ1) is 21.5. The summed E-state index contributed by atoms with van der Waals surface area (Å²) in [5, 5.41) is 3.69. The normalized spacial score (nSPS) is 24.0. The molecule has 1 unspecified atom stereocenters. The van der Waals surface area contributed by atoms with Gasteiger partial charge in [-0.2, -0.15) is 0 Å². The van der Waals surface area contributed by atoms with Crippen LogP contribution in [0.4, 0.5) is 4.39 Å². The van der Waals surface area contributed by atoms with E-state index < -0.39 is 5.82 Å². The molecule has 2 fully saturated rings. The summed E-state index contributed by atoms with van der Waals surface area (Å²) >= 11 is 0. The minimum absolute atomic E-state index is 0.115. The molecule has 2 saturated heterocycles. The van der Waals surface area contributed by atoms with Crippen LogP contribution in [-0.4, -0.2) is 57.3 Å². The Labute approximate surface area is 196 Å². The first-order chi connectivity index (χ1) is 16.6. The molecule has 3 aromatic heterocycles. The van der Waals surface area contributed by atoms with Crippen LogP contribution in [0.3, 0.4) is 0 Å². The smallest absolute Gasteiger partial charge is 0.251 e. The van der Waals surface area contributed by atoms with Crippen LogP contribution in [0.5, 0.6) is 11.5 Å². The van der Waals surface area contributed by atoms with Gasteiger partial charge in [0.2, 0.25) is 0 Å². The van der Waals surface area contributed by atoms with Gasteiger partial charge in [-0.1, -0.05) is 0 Å². The molecule has 2 bridgehead atoms. The van der Waals surface area contributed by atoms with E-state index in [-0.39, 0.29) is 5.56 Å². The van der Waals surface area contributed by atoms with Gasteiger partial charge in [-0.05, 0) is 31.7 Å². The van der Waals surface area contributed by atoms with Gasteiger partial charge in [0.1, 0.15) is 19.0 Å². The summed E-state index contributed by atoms with van der Waals surface area (Å²) in [6, 6.07) is 7.96. The van der Waals surface area contributed by atoms with Crippen molar-refractivity contribution in [1.82, 2.24) is 24.8 Å². The lowest BCUT2D eigenvalue weighted by Crippen LogP contribution is -2.50. The van der Waals surface area contributed by atoms with Crippen LogP contribution in [0.15, 0.2) is 41.5 Å². The standard InChI is InChI=1S/C25H28FN5O3/c26-16-9-22-21(29-13-16)3-4-25(32)31(22)6-5-30-19-1-2-20(30)11-17(10-19)27-14-18-12-23-24(15-28-18)34-8-7-33-23/h3-4,9,12-13,15,17,19-20,27H,1-2,5-8,10-11,14H2/t17?,19-,20+. The van der Waals surface area contributed by atoms with Gasteiger partial charge in [0.25, 0.3) is 5.56 Å².